The topological polar surface area (TPSA) is 12.0 Å². The van der Waals surface area contributed by atoms with Crippen LogP contribution in [0.3, 0.4) is 0 Å². The molecule has 0 saturated heterocycles. The zero-order valence-corrected chi connectivity index (χ0v) is 13.2. The molecule has 2 rings (SSSR count). The van der Waals surface area contributed by atoms with Gasteiger partial charge in [-0.05, 0) is 67.8 Å². The summed E-state index contributed by atoms with van der Waals surface area (Å²) in [6, 6.07) is 5.41. The molecular weight excluding hydrogens is 273 g/mol. The maximum absolute atomic E-state index is 13.9. The molecule has 1 nitrogen and oxygen atoms in total. The Kier molecular flexibility index (Phi) is 5.86. The van der Waals surface area contributed by atoms with Gasteiger partial charge < -0.3 is 5.32 Å². The van der Waals surface area contributed by atoms with Crippen molar-refractivity contribution in [2.24, 2.45) is 11.8 Å². The number of hydrogen-bond donors (Lipinski definition) is 1. The lowest BCUT2D eigenvalue weighted by Gasteiger charge is -2.36. The summed E-state index contributed by atoms with van der Waals surface area (Å²) >= 11 is 6.01. The Morgan fingerprint density at radius 2 is 2.10 bits per heavy atom. The van der Waals surface area contributed by atoms with Crippen LogP contribution < -0.4 is 5.32 Å². The molecule has 0 aromatic heterocycles. The second-order valence-corrected chi connectivity index (χ2v) is 6.39. The van der Waals surface area contributed by atoms with Gasteiger partial charge in [0.15, 0.2) is 0 Å². The van der Waals surface area contributed by atoms with Gasteiger partial charge in [-0.3, -0.25) is 0 Å². The standard InChI is InChI=1S/C17H25ClFN/c1-3-12-5-8-17(20-4-2)14(9-12)10-13-11-15(18)6-7-16(13)19/h6-7,11-12,14,17,20H,3-5,8-10H2,1-2H3. The Hall–Kier alpha value is -0.600. The third-order valence-electron chi connectivity index (χ3n) is 4.62. The summed E-state index contributed by atoms with van der Waals surface area (Å²) in [4.78, 5) is 0. The molecule has 3 heteroatoms. The largest absolute Gasteiger partial charge is 0.314 e. The van der Waals surface area contributed by atoms with Crippen molar-refractivity contribution in [2.45, 2.75) is 52.0 Å². The SMILES string of the molecule is CCNC1CCC(CC)CC1Cc1cc(Cl)ccc1F. The number of hydrogen-bond acceptors (Lipinski definition) is 1. The first-order valence-electron chi connectivity index (χ1n) is 7.81. The zero-order chi connectivity index (χ0) is 14.5. The summed E-state index contributed by atoms with van der Waals surface area (Å²) in [5.41, 5.74) is 0.766. The van der Waals surface area contributed by atoms with E-state index in [2.05, 4.69) is 19.2 Å². The van der Waals surface area contributed by atoms with E-state index in [1.807, 2.05) is 0 Å². The molecule has 0 amide bonds. The molecule has 1 aliphatic rings. The van der Waals surface area contributed by atoms with Crippen LogP contribution in [0, 0.1) is 17.7 Å². The number of rotatable bonds is 5. The van der Waals surface area contributed by atoms with Gasteiger partial charge in [0, 0.05) is 11.1 Å². The van der Waals surface area contributed by atoms with Crippen LogP contribution in [-0.2, 0) is 6.42 Å². The molecule has 3 unspecified atom stereocenters. The molecule has 112 valence electrons. The molecule has 0 radical (unpaired) electrons. The van der Waals surface area contributed by atoms with E-state index in [0.717, 1.165) is 24.4 Å². The van der Waals surface area contributed by atoms with Crippen molar-refractivity contribution in [3.8, 4) is 0 Å². The highest BCUT2D eigenvalue weighted by Gasteiger charge is 2.29. The quantitative estimate of drug-likeness (QED) is 0.821. The van der Waals surface area contributed by atoms with Gasteiger partial charge in [-0.25, -0.2) is 4.39 Å². The minimum atomic E-state index is -0.122. The van der Waals surface area contributed by atoms with Crippen molar-refractivity contribution in [1.82, 2.24) is 5.32 Å². The Morgan fingerprint density at radius 3 is 2.80 bits per heavy atom. The number of halogens is 2. The molecular formula is C17H25ClFN. The Labute approximate surface area is 126 Å². The Balaban J connectivity index is 2.11. The minimum absolute atomic E-state index is 0.122. The van der Waals surface area contributed by atoms with E-state index in [9.17, 15) is 4.39 Å². The first-order chi connectivity index (χ1) is 9.63. The lowest BCUT2D eigenvalue weighted by molar-refractivity contribution is 0.199. The van der Waals surface area contributed by atoms with E-state index in [-0.39, 0.29) is 5.82 Å². The molecule has 0 heterocycles. The summed E-state index contributed by atoms with van der Waals surface area (Å²) in [5.74, 6) is 1.18. The first-order valence-corrected chi connectivity index (χ1v) is 8.19. The van der Waals surface area contributed by atoms with Gasteiger partial charge in [-0.2, -0.15) is 0 Å². The van der Waals surface area contributed by atoms with E-state index >= 15 is 0 Å². The van der Waals surface area contributed by atoms with E-state index in [0.29, 0.717) is 17.0 Å². The van der Waals surface area contributed by atoms with Gasteiger partial charge in [-0.15, -0.1) is 0 Å². The van der Waals surface area contributed by atoms with Crippen molar-refractivity contribution in [1.29, 1.82) is 0 Å². The fourth-order valence-corrected chi connectivity index (χ4v) is 3.67. The minimum Gasteiger partial charge on any atom is -0.314 e. The van der Waals surface area contributed by atoms with Crippen LogP contribution in [0.25, 0.3) is 0 Å². The van der Waals surface area contributed by atoms with E-state index in [1.54, 1.807) is 12.1 Å². The van der Waals surface area contributed by atoms with Crippen molar-refractivity contribution >= 4 is 11.6 Å². The van der Waals surface area contributed by atoms with Gasteiger partial charge in [0.2, 0.25) is 0 Å². The third kappa shape index (κ3) is 3.95. The maximum Gasteiger partial charge on any atom is 0.126 e. The molecule has 0 bridgehead atoms. The van der Waals surface area contributed by atoms with Gasteiger partial charge in [-0.1, -0.05) is 31.9 Å². The van der Waals surface area contributed by atoms with Gasteiger partial charge in [0.1, 0.15) is 5.82 Å². The zero-order valence-electron chi connectivity index (χ0n) is 12.5. The fraction of sp³-hybridized carbons (Fsp3) is 0.647. The monoisotopic (exact) mass is 297 g/mol. The van der Waals surface area contributed by atoms with E-state index in [1.165, 1.54) is 31.7 Å². The average molecular weight is 298 g/mol. The highest BCUT2D eigenvalue weighted by atomic mass is 35.5. The smallest absolute Gasteiger partial charge is 0.126 e. The van der Waals surface area contributed by atoms with Gasteiger partial charge in [0.05, 0.1) is 0 Å². The molecule has 1 saturated carbocycles. The predicted molar refractivity (Wildman–Crippen MR) is 83.7 cm³/mol. The van der Waals surface area contributed by atoms with Crippen LogP contribution in [0.5, 0.6) is 0 Å². The predicted octanol–water partition coefficient (Wildman–Crippen LogP) is 4.83. The highest BCUT2D eigenvalue weighted by Crippen LogP contribution is 2.34. The van der Waals surface area contributed by atoms with Gasteiger partial charge >= 0.3 is 0 Å². The molecule has 1 aromatic carbocycles. The Morgan fingerprint density at radius 1 is 1.30 bits per heavy atom. The normalized spacial score (nSPS) is 26.7. The molecule has 3 atom stereocenters. The average Bonchev–Trinajstić information content (AvgIpc) is 2.45. The van der Waals surface area contributed by atoms with Crippen molar-refractivity contribution in [2.75, 3.05) is 6.54 Å². The molecule has 1 aromatic rings. The van der Waals surface area contributed by atoms with Crippen LogP contribution in [0.4, 0.5) is 4.39 Å². The van der Waals surface area contributed by atoms with Crippen molar-refractivity contribution < 1.29 is 4.39 Å². The van der Waals surface area contributed by atoms with E-state index < -0.39 is 0 Å². The van der Waals surface area contributed by atoms with E-state index in [4.69, 9.17) is 11.6 Å². The molecule has 1 aliphatic carbocycles. The summed E-state index contributed by atoms with van der Waals surface area (Å²) < 4.78 is 13.9. The van der Waals surface area contributed by atoms with Crippen molar-refractivity contribution in [3.63, 3.8) is 0 Å². The molecule has 1 fully saturated rings. The summed E-state index contributed by atoms with van der Waals surface area (Å²) in [6.45, 7) is 5.38. The Bertz CT molecular complexity index is 435. The van der Waals surface area contributed by atoms with Crippen LogP contribution >= 0.6 is 11.6 Å². The highest BCUT2D eigenvalue weighted by molar-refractivity contribution is 6.30. The van der Waals surface area contributed by atoms with Crippen LogP contribution in [0.2, 0.25) is 5.02 Å². The van der Waals surface area contributed by atoms with Crippen molar-refractivity contribution in [3.05, 3.63) is 34.6 Å². The summed E-state index contributed by atoms with van der Waals surface area (Å²) in [6.07, 6.45) is 5.72. The summed E-state index contributed by atoms with van der Waals surface area (Å²) in [7, 11) is 0. The number of benzene rings is 1. The molecule has 0 spiro atoms. The maximum atomic E-state index is 13.9. The summed E-state index contributed by atoms with van der Waals surface area (Å²) in [5, 5.41) is 4.21. The van der Waals surface area contributed by atoms with Crippen LogP contribution in [-0.4, -0.2) is 12.6 Å². The molecule has 0 aliphatic heterocycles. The van der Waals surface area contributed by atoms with Gasteiger partial charge in [0.25, 0.3) is 0 Å². The fourth-order valence-electron chi connectivity index (χ4n) is 3.47. The lowest BCUT2D eigenvalue weighted by Crippen LogP contribution is -2.41. The molecule has 20 heavy (non-hydrogen) atoms. The second kappa shape index (κ2) is 7.42. The lowest BCUT2D eigenvalue weighted by atomic mass is 9.74. The van der Waals surface area contributed by atoms with Crippen LogP contribution in [0.1, 0.15) is 45.1 Å². The second-order valence-electron chi connectivity index (χ2n) is 5.95. The third-order valence-corrected chi connectivity index (χ3v) is 4.86. The number of nitrogens with one attached hydrogen (secondary N) is 1. The first kappa shape index (κ1) is 15.8. The molecule has 1 N–H and O–H groups in total. The van der Waals surface area contributed by atoms with Crippen LogP contribution in [0.15, 0.2) is 18.2 Å².